The predicted molar refractivity (Wildman–Crippen MR) is 217 cm³/mol. The molecule has 53 heavy (non-hydrogen) atoms. The minimum absolute atomic E-state index is 0.0825. The lowest BCUT2D eigenvalue weighted by Gasteiger charge is -2.27. The number of furan rings is 1. The van der Waals surface area contributed by atoms with E-state index in [2.05, 4.69) is 173 Å². The lowest BCUT2D eigenvalue weighted by atomic mass is 9.90. The van der Waals surface area contributed by atoms with Crippen molar-refractivity contribution < 1.29 is 4.42 Å². The Bertz CT molecular complexity index is 3200. The highest BCUT2D eigenvalue weighted by Gasteiger charge is 2.38. The Hall–Kier alpha value is -6.98. The number of anilines is 2. The van der Waals surface area contributed by atoms with E-state index < -0.39 is 0 Å². The summed E-state index contributed by atoms with van der Waals surface area (Å²) in [5, 5.41) is 8.04. The van der Waals surface area contributed by atoms with Crippen molar-refractivity contribution in [2.75, 3.05) is 4.90 Å². The van der Waals surface area contributed by atoms with Gasteiger partial charge in [-0.2, -0.15) is 0 Å². The molecule has 12 rings (SSSR count). The molecule has 2 atom stereocenters. The van der Waals surface area contributed by atoms with Gasteiger partial charge in [-0.05, 0) is 69.2 Å². The molecule has 1 aliphatic carbocycles. The van der Waals surface area contributed by atoms with Crippen LogP contribution in [0.3, 0.4) is 0 Å². The van der Waals surface area contributed by atoms with E-state index in [-0.39, 0.29) is 12.0 Å². The molecule has 2 unspecified atom stereocenters. The number of allylic oxidation sites excluding steroid dienone is 2. The van der Waals surface area contributed by atoms with Crippen molar-refractivity contribution in [3.8, 4) is 16.8 Å². The van der Waals surface area contributed by atoms with Crippen LogP contribution in [0.15, 0.2) is 174 Å². The van der Waals surface area contributed by atoms with Crippen LogP contribution in [-0.4, -0.2) is 20.6 Å². The average Bonchev–Trinajstić information content (AvgIpc) is 3.88. The van der Waals surface area contributed by atoms with Crippen LogP contribution in [0.2, 0.25) is 0 Å². The van der Waals surface area contributed by atoms with E-state index in [0.29, 0.717) is 5.71 Å². The van der Waals surface area contributed by atoms with Crippen molar-refractivity contribution >= 4 is 77.1 Å². The molecule has 0 N–H and O–H groups in total. The Balaban J connectivity index is 1.05. The molecule has 248 valence electrons. The maximum Gasteiger partial charge on any atom is 0.246 e. The molecule has 7 aromatic carbocycles. The fourth-order valence-electron chi connectivity index (χ4n) is 9.06. The number of hydrogen-bond donors (Lipinski definition) is 0. The maximum absolute atomic E-state index is 6.52. The fraction of sp³-hybridized carbons (Fsp3) is 0.0417. The summed E-state index contributed by atoms with van der Waals surface area (Å²) in [6.07, 6.45) is 10.8. The Labute approximate surface area is 304 Å². The molecule has 0 amide bonds. The van der Waals surface area contributed by atoms with Gasteiger partial charge in [0, 0.05) is 33.5 Å². The molecule has 2 aliphatic rings. The number of aromatic nitrogens is 3. The Morgan fingerprint density at radius 2 is 1.25 bits per heavy atom. The van der Waals surface area contributed by atoms with Crippen molar-refractivity contribution in [1.29, 1.82) is 0 Å². The molecule has 1 aliphatic heterocycles. The molecular formula is C48H30N4O. The summed E-state index contributed by atoms with van der Waals surface area (Å²) < 4.78 is 8.88. The van der Waals surface area contributed by atoms with Crippen LogP contribution in [0.5, 0.6) is 0 Å². The second-order valence-corrected chi connectivity index (χ2v) is 14.1. The Kier molecular flexibility index (Phi) is 5.83. The third-order valence-corrected chi connectivity index (χ3v) is 11.4. The highest BCUT2D eigenvalue weighted by atomic mass is 16.3. The highest BCUT2D eigenvalue weighted by Crippen LogP contribution is 2.49. The largest absolute Gasteiger partial charge is 0.436 e. The van der Waals surface area contributed by atoms with Gasteiger partial charge in [-0.25, -0.2) is 9.97 Å². The summed E-state index contributed by atoms with van der Waals surface area (Å²) in [5.74, 6) is 1.02. The molecule has 0 bridgehead atoms. The van der Waals surface area contributed by atoms with Crippen molar-refractivity contribution in [2.45, 2.75) is 12.0 Å². The lowest BCUT2D eigenvalue weighted by molar-refractivity contribution is 0.655. The highest BCUT2D eigenvalue weighted by molar-refractivity contribution is 6.29. The van der Waals surface area contributed by atoms with Gasteiger partial charge in [0.2, 0.25) is 5.71 Å². The summed E-state index contributed by atoms with van der Waals surface area (Å²) in [5.41, 5.74) is 10.5. The van der Waals surface area contributed by atoms with Gasteiger partial charge in [0.25, 0.3) is 0 Å². The molecule has 10 aromatic rings. The van der Waals surface area contributed by atoms with E-state index in [9.17, 15) is 0 Å². The number of para-hydroxylation sites is 2. The van der Waals surface area contributed by atoms with Crippen molar-refractivity contribution in [3.05, 3.63) is 176 Å². The first kappa shape index (κ1) is 28.7. The quantitative estimate of drug-likeness (QED) is 0.175. The molecule has 4 heterocycles. The van der Waals surface area contributed by atoms with Crippen LogP contribution in [0.1, 0.15) is 11.5 Å². The van der Waals surface area contributed by atoms with Gasteiger partial charge in [-0.15, -0.1) is 0 Å². The van der Waals surface area contributed by atoms with Crippen LogP contribution in [0, 0.1) is 0 Å². The van der Waals surface area contributed by atoms with Crippen LogP contribution in [-0.2, 0) is 0 Å². The zero-order valence-corrected chi connectivity index (χ0v) is 28.5. The SMILES string of the molecule is C1=CC2c3ccc(-c4ccc5c(c4)c4ccccc4n5-c4ccccc4)cc3N(c3cnc4oc5c6ccccc6c6ccccc6c5c4n3)C2C=C1. The number of nitrogens with zero attached hydrogens (tertiary/aromatic N) is 4. The van der Waals surface area contributed by atoms with E-state index in [4.69, 9.17) is 14.4 Å². The molecule has 0 radical (unpaired) electrons. The number of hydrogen-bond acceptors (Lipinski definition) is 4. The topological polar surface area (TPSA) is 47.1 Å². The fourth-order valence-corrected chi connectivity index (χ4v) is 9.06. The zero-order chi connectivity index (χ0) is 34.6. The van der Waals surface area contributed by atoms with Crippen LogP contribution in [0.4, 0.5) is 11.5 Å². The van der Waals surface area contributed by atoms with E-state index >= 15 is 0 Å². The first-order chi connectivity index (χ1) is 26.3. The maximum atomic E-state index is 6.52. The van der Waals surface area contributed by atoms with E-state index in [1.807, 2.05) is 6.20 Å². The van der Waals surface area contributed by atoms with Gasteiger partial charge in [0.1, 0.15) is 11.1 Å². The smallest absolute Gasteiger partial charge is 0.246 e. The number of rotatable bonds is 3. The summed E-state index contributed by atoms with van der Waals surface area (Å²) in [7, 11) is 0. The average molecular weight is 679 g/mol. The van der Waals surface area contributed by atoms with Gasteiger partial charge >= 0.3 is 0 Å². The molecule has 0 spiro atoms. The number of fused-ring (bicyclic) bond motifs is 14. The van der Waals surface area contributed by atoms with E-state index in [1.54, 1.807) is 0 Å². The molecule has 0 fully saturated rings. The van der Waals surface area contributed by atoms with Crippen molar-refractivity contribution in [2.24, 2.45) is 0 Å². The Morgan fingerprint density at radius 1 is 0.566 bits per heavy atom. The molecule has 0 saturated carbocycles. The summed E-state index contributed by atoms with van der Waals surface area (Å²) in [6, 6.07) is 50.2. The zero-order valence-electron chi connectivity index (χ0n) is 28.5. The van der Waals surface area contributed by atoms with E-state index in [0.717, 1.165) is 44.5 Å². The first-order valence-electron chi connectivity index (χ1n) is 18.2. The lowest BCUT2D eigenvalue weighted by Crippen LogP contribution is -2.29. The minimum Gasteiger partial charge on any atom is -0.436 e. The van der Waals surface area contributed by atoms with Gasteiger partial charge in [0.05, 0.1) is 28.7 Å². The minimum atomic E-state index is 0.0825. The summed E-state index contributed by atoms with van der Waals surface area (Å²) in [6.45, 7) is 0. The molecule has 5 nitrogen and oxygen atoms in total. The normalized spacial score (nSPS) is 16.5. The van der Waals surface area contributed by atoms with Crippen LogP contribution in [0.25, 0.3) is 82.4 Å². The van der Waals surface area contributed by atoms with E-state index in [1.165, 1.54) is 49.3 Å². The monoisotopic (exact) mass is 678 g/mol. The van der Waals surface area contributed by atoms with Gasteiger partial charge in [-0.1, -0.05) is 127 Å². The first-order valence-corrected chi connectivity index (χ1v) is 18.2. The predicted octanol–water partition coefficient (Wildman–Crippen LogP) is 12.2. The van der Waals surface area contributed by atoms with Crippen molar-refractivity contribution in [3.63, 3.8) is 0 Å². The molecule has 3 aromatic heterocycles. The van der Waals surface area contributed by atoms with Gasteiger partial charge in [-0.3, -0.25) is 0 Å². The second-order valence-electron chi connectivity index (χ2n) is 14.1. The Morgan fingerprint density at radius 3 is 2.11 bits per heavy atom. The van der Waals surface area contributed by atoms with Crippen LogP contribution < -0.4 is 4.90 Å². The third-order valence-electron chi connectivity index (χ3n) is 11.4. The van der Waals surface area contributed by atoms with Gasteiger partial charge in [0.15, 0.2) is 5.82 Å². The van der Waals surface area contributed by atoms with Crippen molar-refractivity contribution in [1.82, 2.24) is 14.5 Å². The number of benzene rings is 7. The third kappa shape index (κ3) is 4.02. The molecule has 0 saturated heterocycles. The standard InChI is InChI=1S/C48H30N4O/c1-2-12-31(13-3-1)51-40-20-10-9-17-35(40)39-26-29(23-25-42(39)51)30-22-24-36-34-16-8-11-21-41(34)52(43(36)27-30)44-28-49-48-46(50-44)45-37-18-6-4-14-32(37)33-15-5-7-19-38(33)47(45)53-48/h1-28,34,41H. The summed E-state index contributed by atoms with van der Waals surface area (Å²) >= 11 is 0. The van der Waals surface area contributed by atoms with Gasteiger partial charge < -0.3 is 13.9 Å². The van der Waals surface area contributed by atoms with Crippen LogP contribution >= 0.6 is 0 Å². The molecule has 5 heteroatoms. The second kappa shape index (κ2) is 10.8. The summed E-state index contributed by atoms with van der Waals surface area (Å²) in [4.78, 5) is 12.7. The molecular weight excluding hydrogens is 649 g/mol.